The average molecular weight is 495 g/mol. The topological polar surface area (TPSA) is 85.2 Å². The summed E-state index contributed by atoms with van der Waals surface area (Å²) in [6.45, 7) is 1.81. The number of benzene rings is 2. The number of aromatic nitrogens is 5. The third kappa shape index (κ3) is 2.79. The molecule has 6 rings (SSSR count). The Balaban J connectivity index is 1.76. The van der Waals surface area contributed by atoms with Gasteiger partial charge in [-0.2, -0.15) is 5.10 Å². The number of halogens is 2. The van der Waals surface area contributed by atoms with Gasteiger partial charge >= 0.3 is 0 Å². The number of fused-ring (bicyclic) bond motifs is 6. The van der Waals surface area contributed by atoms with Gasteiger partial charge in [0.05, 0.1) is 22.6 Å². The van der Waals surface area contributed by atoms with Crippen molar-refractivity contribution in [2.45, 2.75) is 12.8 Å². The molecule has 1 N–H and O–H groups in total. The van der Waals surface area contributed by atoms with Crippen LogP contribution in [0.5, 0.6) is 11.6 Å². The number of H-pyrrole nitrogens is 1. The lowest BCUT2D eigenvalue weighted by Gasteiger charge is -2.28. The summed E-state index contributed by atoms with van der Waals surface area (Å²) >= 11 is 9.65. The minimum absolute atomic E-state index is 0.228. The van der Waals surface area contributed by atoms with Crippen molar-refractivity contribution in [2.75, 3.05) is 0 Å². The van der Waals surface area contributed by atoms with Crippen LogP contribution in [0.25, 0.3) is 16.6 Å². The summed E-state index contributed by atoms with van der Waals surface area (Å²) in [5.74, 6) is 1.04. The average Bonchev–Trinajstić information content (AvgIpc) is 3.14. The standard InChI is InChI=1S/C22H13BrClN5O2/c1-10-26-20-18-16(11-2-5-13(24)6-3-11)17-19(31-22(18)25-9-29(20)28-10)14-8-12(23)4-7-15(14)27-21(17)30/h2-9,16H,1H3,(H,27,30). The summed E-state index contributed by atoms with van der Waals surface area (Å²) in [6.07, 6.45) is 1.57. The fraction of sp³-hybridized carbons (Fsp3) is 0.0909. The molecule has 0 amide bonds. The summed E-state index contributed by atoms with van der Waals surface area (Å²) in [7, 11) is 0. The molecular weight excluding hydrogens is 482 g/mol. The Morgan fingerprint density at radius 2 is 1.97 bits per heavy atom. The molecule has 3 aromatic heterocycles. The van der Waals surface area contributed by atoms with Gasteiger partial charge in [-0.15, -0.1) is 0 Å². The summed E-state index contributed by atoms with van der Waals surface area (Å²) in [5, 5.41) is 5.78. The fourth-order valence-electron chi connectivity index (χ4n) is 4.15. The second kappa shape index (κ2) is 6.63. The smallest absolute Gasteiger partial charge is 0.256 e. The van der Waals surface area contributed by atoms with E-state index in [1.807, 2.05) is 37.3 Å². The molecule has 0 bridgehead atoms. The van der Waals surface area contributed by atoms with Crippen LogP contribution in [0.1, 0.15) is 28.4 Å². The highest BCUT2D eigenvalue weighted by molar-refractivity contribution is 9.10. The maximum absolute atomic E-state index is 13.3. The quantitative estimate of drug-likeness (QED) is 0.349. The molecule has 31 heavy (non-hydrogen) atoms. The van der Waals surface area contributed by atoms with Crippen molar-refractivity contribution in [1.82, 2.24) is 24.6 Å². The van der Waals surface area contributed by atoms with Gasteiger partial charge < -0.3 is 9.72 Å². The molecule has 1 aliphatic heterocycles. The van der Waals surface area contributed by atoms with Crippen molar-refractivity contribution in [3.05, 3.63) is 91.2 Å². The van der Waals surface area contributed by atoms with Gasteiger partial charge in [0.25, 0.3) is 5.56 Å². The maximum atomic E-state index is 13.3. The molecule has 1 atom stereocenters. The first kappa shape index (κ1) is 18.5. The third-order valence-electron chi connectivity index (χ3n) is 5.44. The van der Waals surface area contributed by atoms with Crippen LogP contribution in [-0.4, -0.2) is 24.6 Å². The lowest BCUT2D eigenvalue weighted by Crippen LogP contribution is -2.24. The van der Waals surface area contributed by atoms with Crippen molar-refractivity contribution >= 4 is 44.1 Å². The van der Waals surface area contributed by atoms with E-state index < -0.39 is 5.92 Å². The van der Waals surface area contributed by atoms with E-state index in [-0.39, 0.29) is 5.56 Å². The summed E-state index contributed by atoms with van der Waals surface area (Å²) < 4.78 is 8.75. The van der Waals surface area contributed by atoms with E-state index in [9.17, 15) is 4.79 Å². The highest BCUT2D eigenvalue weighted by atomic mass is 79.9. The van der Waals surface area contributed by atoms with Crippen LogP contribution in [-0.2, 0) is 0 Å². The van der Waals surface area contributed by atoms with Crippen LogP contribution < -0.4 is 10.3 Å². The highest BCUT2D eigenvalue weighted by Crippen LogP contribution is 2.48. The molecule has 1 unspecified atom stereocenters. The van der Waals surface area contributed by atoms with Crippen LogP contribution in [0.4, 0.5) is 0 Å². The summed E-state index contributed by atoms with van der Waals surface area (Å²) in [5.41, 5.74) is 3.12. The van der Waals surface area contributed by atoms with Gasteiger partial charge in [0, 0.05) is 14.9 Å². The molecule has 5 aromatic rings. The Bertz CT molecular complexity index is 1580. The predicted octanol–water partition coefficient (Wildman–Crippen LogP) is 4.98. The molecule has 1 aliphatic rings. The third-order valence-corrected chi connectivity index (χ3v) is 6.18. The maximum Gasteiger partial charge on any atom is 0.256 e. The van der Waals surface area contributed by atoms with Crippen LogP contribution in [0.3, 0.4) is 0 Å². The molecule has 0 saturated heterocycles. The second-order valence-corrected chi connectivity index (χ2v) is 8.72. The first-order chi connectivity index (χ1) is 15.0. The first-order valence-electron chi connectivity index (χ1n) is 9.50. The largest absolute Gasteiger partial charge is 0.437 e. The van der Waals surface area contributed by atoms with E-state index in [0.717, 1.165) is 15.4 Å². The molecule has 0 saturated carbocycles. The highest BCUT2D eigenvalue weighted by Gasteiger charge is 2.36. The molecular formula is C22H13BrClN5O2. The number of rotatable bonds is 1. The van der Waals surface area contributed by atoms with Crippen LogP contribution >= 0.6 is 27.5 Å². The van der Waals surface area contributed by atoms with Crippen molar-refractivity contribution < 1.29 is 4.74 Å². The second-order valence-electron chi connectivity index (χ2n) is 7.36. The minimum Gasteiger partial charge on any atom is -0.437 e. The van der Waals surface area contributed by atoms with Gasteiger partial charge in [-0.3, -0.25) is 4.79 Å². The van der Waals surface area contributed by atoms with Gasteiger partial charge in [-0.25, -0.2) is 14.5 Å². The number of pyridine rings is 1. The zero-order valence-electron chi connectivity index (χ0n) is 16.1. The van der Waals surface area contributed by atoms with Crippen molar-refractivity contribution in [1.29, 1.82) is 0 Å². The minimum atomic E-state index is -0.456. The molecule has 4 heterocycles. The van der Waals surface area contributed by atoms with Crippen molar-refractivity contribution in [3.63, 3.8) is 0 Å². The molecule has 0 aliphatic carbocycles. The van der Waals surface area contributed by atoms with Gasteiger partial charge in [0.15, 0.2) is 5.65 Å². The van der Waals surface area contributed by atoms with Gasteiger partial charge in [0.2, 0.25) is 5.88 Å². The molecule has 7 nitrogen and oxygen atoms in total. The van der Waals surface area contributed by atoms with E-state index in [1.165, 1.54) is 0 Å². The first-order valence-corrected chi connectivity index (χ1v) is 10.7. The molecule has 9 heteroatoms. The SMILES string of the molecule is Cc1nc2c3c(ncn2n1)Oc1c(c(=O)[nH]c2ccc(Br)cc12)C3c1ccc(Cl)cc1. The fourth-order valence-corrected chi connectivity index (χ4v) is 4.64. The van der Waals surface area contributed by atoms with Gasteiger partial charge in [-0.1, -0.05) is 39.7 Å². The zero-order chi connectivity index (χ0) is 21.3. The van der Waals surface area contributed by atoms with Crippen molar-refractivity contribution in [3.8, 4) is 11.6 Å². The Morgan fingerprint density at radius 3 is 2.77 bits per heavy atom. The van der Waals surface area contributed by atoms with Gasteiger partial charge in [-0.05, 0) is 42.8 Å². The lowest BCUT2D eigenvalue weighted by atomic mass is 9.84. The van der Waals surface area contributed by atoms with Crippen LogP contribution in [0, 0.1) is 6.92 Å². The Labute approximate surface area is 188 Å². The summed E-state index contributed by atoms with van der Waals surface area (Å²) in [4.78, 5) is 25.4. The lowest BCUT2D eigenvalue weighted by molar-refractivity contribution is 0.435. The predicted molar refractivity (Wildman–Crippen MR) is 120 cm³/mol. The zero-order valence-corrected chi connectivity index (χ0v) is 18.4. The monoisotopic (exact) mass is 493 g/mol. The van der Waals surface area contributed by atoms with E-state index in [0.29, 0.717) is 44.8 Å². The Morgan fingerprint density at radius 1 is 1.16 bits per heavy atom. The number of hydrogen-bond donors (Lipinski definition) is 1. The van der Waals surface area contributed by atoms with Gasteiger partial charge in [0.1, 0.15) is 17.9 Å². The van der Waals surface area contributed by atoms with E-state index in [1.54, 1.807) is 23.0 Å². The number of aryl methyl sites for hydroxylation is 1. The van der Waals surface area contributed by atoms with E-state index in [2.05, 4.69) is 36.0 Å². The van der Waals surface area contributed by atoms with E-state index in [4.69, 9.17) is 16.3 Å². The number of ether oxygens (including phenoxy) is 1. The number of nitrogens with one attached hydrogen (secondary N) is 1. The number of nitrogens with zero attached hydrogens (tertiary/aromatic N) is 4. The molecule has 0 fully saturated rings. The van der Waals surface area contributed by atoms with Crippen LogP contribution in [0.15, 0.2) is 58.1 Å². The number of aromatic amines is 1. The molecule has 2 aromatic carbocycles. The summed E-state index contributed by atoms with van der Waals surface area (Å²) in [6, 6.07) is 13.1. The molecule has 0 spiro atoms. The van der Waals surface area contributed by atoms with Crippen molar-refractivity contribution in [2.24, 2.45) is 0 Å². The molecule has 152 valence electrons. The van der Waals surface area contributed by atoms with Crippen LogP contribution in [0.2, 0.25) is 5.02 Å². The Kier molecular flexibility index (Phi) is 3.97. The number of hydrogen-bond acceptors (Lipinski definition) is 5. The normalized spacial score (nSPS) is 15.0. The Hall–Kier alpha value is -3.23. The van der Waals surface area contributed by atoms with E-state index >= 15 is 0 Å². The molecule has 0 radical (unpaired) electrons.